The lowest BCUT2D eigenvalue weighted by Gasteiger charge is -1.95. The summed E-state index contributed by atoms with van der Waals surface area (Å²) in [4.78, 5) is 0. The topological polar surface area (TPSA) is 46.8 Å². The van der Waals surface area contributed by atoms with Gasteiger partial charge in [0, 0.05) is 0 Å². The maximum absolute atomic E-state index is 10.3. The number of unbranched alkanes of at least 4 members (excludes halogenated alkanes) is 1. The molecule has 0 amide bonds. The number of rotatable bonds is 3. The summed E-state index contributed by atoms with van der Waals surface area (Å²) in [6.45, 7) is 2.01. The van der Waals surface area contributed by atoms with Crippen LogP contribution >= 0.6 is 0 Å². The van der Waals surface area contributed by atoms with E-state index >= 15 is 0 Å². The number of hydrogen-bond acceptors (Lipinski definition) is 2. The summed E-state index contributed by atoms with van der Waals surface area (Å²) in [7, 11) is 0. The van der Waals surface area contributed by atoms with E-state index in [9.17, 15) is 4.55 Å². The van der Waals surface area contributed by atoms with Crippen molar-refractivity contribution in [2.75, 3.05) is 5.75 Å². The molecule has 0 aliphatic heterocycles. The van der Waals surface area contributed by atoms with E-state index in [1.165, 1.54) is 0 Å². The predicted molar refractivity (Wildman–Crippen MR) is 33.5 cm³/mol. The van der Waals surface area contributed by atoms with Crippen LogP contribution in [0.1, 0.15) is 19.8 Å². The Morgan fingerprint density at radius 1 is 1.75 bits per heavy atom. The number of nitrogens with zero attached hydrogens (tertiary/aromatic N) is 1. The first-order chi connectivity index (χ1) is 3.81. The Labute approximate surface area is 52.7 Å². The molecule has 2 nitrogen and oxygen atoms in total. The van der Waals surface area contributed by atoms with Crippen LogP contribution in [0.15, 0.2) is 0 Å². The lowest BCUT2D eigenvalue weighted by Crippen LogP contribution is -2.00. The van der Waals surface area contributed by atoms with Crippen LogP contribution in [0.3, 0.4) is 0 Å². The highest BCUT2D eigenvalue weighted by Gasteiger charge is 2.00. The summed E-state index contributed by atoms with van der Waals surface area (Å²) >= 11 is -1.22. The number of thiocyanates is 1. The normalized spacial score (nSPS) is 12.6. The molecule has 0 bridgehead atoms. The van der Waals surface area contributed by atoms with Crippen LogP contribution in [-0.2, 0) is 11.2 Å². The van der Waals surface area contributed by atoms with Gasteiger partial charge in [0.1, 0.15) is 5.75 Å². The molecule has 8 heavy (non-hydrogen) atoms. The molecule has 3 heteroatoms. The van der Waals surface area contributed by atoms with Gasteiger partial charge in [-0.05, 0) is 6.42 Å². The Hall–Kier alpha value is -0.200. The molecular weight excluding hydrogens is 122 g/mol. The molecule has 0 rings (SSSR count). The van der Waals surface area contributed by atoms with Crippen molar-refractivity contribution in [1.29, 1.82) is 5.26 Å². The second-order valence-corrected chi connectivity index (χ2v) is 2.78. The van der Waals surface area contributed by atoms with Crippen molar-refractivity contribution in [3.05, 3.63) is 0 Å². The molecule has 0 fully saturated rings. The molecule has 1 atom stereocenters. The Kier molecular flexibility index (Phi) is 4.82. The largest absolute Gasteiger partial charge is 0.602 e. The van der Waals surface area contributed by atoms with E-state index in [0.29, 0.717) is 5.75 Å². The van der Waals surface area contributed by atoms with E-state index in [4.69, 9.17) is 5.26 Å². The summed E-state index contributed by atoms with van der Waals surface area (Å²) in [5.41, 5.74) is 0. The molecule has 0 aliphatic carbocycles. The van der Waals surface area contributed by atoms with Gasteiger partial charge in [-0.3, -0.25) is 0 Å². The highest BCUT2D eigenvalue weighted by molar-refractivity contribution is 7.95. The Bertz CT molecular complexity index is 88.9. The first kappa shape index (κ1) is 7.80. The van der Waals surface area contributed by atoms with Gasteiger partial charge in [0.15, 0.2) is 0 Å². The third-order valence-corrected chi connectivity index (χ3v) is 1.65. The zero-order valence-electron chi connectivity index (χ0n) is 4.89. The molecule has 1 unspecified atom stereocenters. The van der Waals surface area contributed by atoms with Gasteiger partial charge in [-0.1, -0.05) is 13.3 Å². The summed E-state index contributed by atoms with van der Waals surface area (Å²) in [6, 6.07) is 0. The second kappa shape index (κ2) is 4.95. The van der Waals surface area contributed by atoms with Crippen molar-refractivity contribution in [3.63, 3.8) is 0 Å². The van der Waals surface area contributed by atoms with Crippen LogP contribution < -0.4 is 0 Å². The molecule has 0 spiro atoms. The van der Waals surface area contributed by atoms with Gasteiger partial charge in [-0.15, -0.1) is 5.26 Å². The SMILES string of the molecule is CCCC[S+]([O-])C#N. The lowest BCUT2D eigenvalue weighted by molar-refractivity contribution is 0.601. The van der Waals surface area contributed by atoms with Crippen molar-refractivity contribution in [2.45, 2.75) is 19.8 Å². The highest BCUT2D eigenvalue weighted by atomic mass is 32.2. The van der Waals surface area contributed by atoms with Crippen molar-refractivity contribution >= 4 is 11.2 Å². The van der Waals surface area contributed by atoms with Gasteiger partial charge >= 0.3 is 5.40 Å². The maximum Gasteiger partial charge on any atom is 0.316 e. The molecule has 0 aromatic carbocycles. The van der Waals surface area contributed by atoms with Crippen LogP contribution in [0.4, 0.5) is 0 Å². The van der Waals surface area contributed by atoms with Crippen molar-refractivity contribution < 1.29 is 4.55 Å². The molecule has 46 valence electrons. The fourth-order valence-electron chi connectivity index (χ4n) is 0.321. The minimum absolute atomic E-state index is 0.535. The molecule has 0 saturated heterocycles. The van der Waals surface area contributed by atoms with Crippen LogP contribution in [0.25, 0.3) is 0 Å². The van der Waals surface area contributed by atoms with Gasteiger partial charge in [0.05, 0.1) is 11.2 Å². The molecule has 0 heterocycles. The summed E-state index contributed by atoms with van der Waals surface area (Å²) in [5, 5.41) is 9.68. The smallest absolute Gasteiger partial charge is 0.316 e. The minimum atomic E-state index is -1.22. The van der Waals surface area contributed by atoms with Crippen molar-refractivity contribution in [2.24, 2.45) is 0 Å². The van der Waals surface area contributed by atoms with Gasteiger partial charge in [-0.2, -0.15) is 0 Å². The quantitative estimate of drug-likeness (QED) is 0.424. The van der Waals surface area contributed by atoms with Crippen LogP contribution in [0.2, 0.25) is 0 Å². The average molecular weight is 131 g/mol. The fourth-order valence-corrected chi connectivity index (χ4v) is 0.963. The van der Waals surface area contributed by atoms with E-state index in [0.717, 1.165) is 12.8 Å². The number of nitriles is 1. The Balaban J connectivity index is 3.02. The van der Waals surface area contributed by atoms with E-state index in [1.54, 1.807) is 5.40 Å². The van der Waals surface area contributed by atoms with Crippen molar-refractivity contribution in [1.82, 2.24) is 0 Å². The van der Waals surface area contributed by atoms with Gasteiger partial charge in [0.25, 0.3) is 0 Å². The molecule has 0 aromatic heterocycles. The highest BCUT2D eigenvalue weighted by Crippen LogP contribution is 1.93. The first-order valence-corrected chi connectivity index (χ1v) is 3.91. The van der Waals surface area contributed by atoms with E-state index in [-0.39, 0.29) is 0 Å². The van der Waals surface area contributed by atoms with Gasteiger partial charge in [0.2, 0.25) is 0 Å². The lowest BCUT2D eigenvalue weighted by atomic mass is 10.4. The standard InChI is InChI=1S/C5H9NOS/c1-2-3-4-8(7)5-6/h2-4H2,1H3. The molecule has 0 aliphatic rings. The maximum atomic E-state index is 10.3. The molecule has 0 saturated carbocycles. The Morgan fingerprint density at radius 2 is 2.38 bits per heavy atom. The fraction of sp³-hybridized carbons (Fsp3) is 0.800. The Morgan fingerprint density at radius 3 is 2.75 bits per heavy atom. The van der Waals surface area contributed by atoms with E-state index in [1.807, 2.05) is 6.92 Å². The molecule has 0 N–H and O–H groups in total. The number of hydrogen-bond donors (Lipinski definition) is 0. The van der Waals surface area contributed by atoms with Gasteiger partial charge in [-0.25, -0.2) is 0 Å². The third-order valence-electron chi connectivity index (χ3n) is 0.785. The zero-order chi connectivity index (χ0) is 6.41. The molecule has 0 aromatic rings. The van der Waals surface area contributed by atoms with Crippen LogP contribution in [0.5, 0.6) is 0 Å². The predicted octanol–water partition coefficient (Wildman–Crippen LogP) is 1.02. The third kappa shape index (κ3) is 3.97. The second-order valence-electron chi connectivity index (χ2n) is 1.49. The minimum Gasteiger partial charge on any atom is -0.602 e. The first-order valence-electron chi connectivity index (χ1n) is 2.59. The van der Waals surface area contributed by atoms with Crippen LogP contribution in [-0.4, -0.2) is 10.3 Å². The van der Waals surface area contributed by atoms with Gasteiger partial charge < -0.3 is 4.55 Å². The van der Waals surface area contributed by atoms with Crippen molar-refractivity contribution in [3.8, 4) is 5.40 Å². The summed E-state index contributed by atoms with van der Waals surface area (Å²) < 4.78 is 10.3. The van der Waals surface area contributed by atoms with Crippen LogP contribution in [0, 0.1) is 10.7 Å². The van der Waals surface area contributed by atoms with E-state index < -0.39 is 11.2 Å². The average Bonchev–Trinajstić information content (AvgIpc) is 1.83. The monoisotopic (exact) mass is 131 g/mol. The molecule has 0 radical (unpaired) electrons. The zero-order valence-corrected chi connectivity index (χ0v) is 5.70. The summed E-state index contributed by atoms with van der Waals surface area (Å²) in [6.07, 6.45) is 1.90. The summed E-state index contributed by atoms with van der Waals surface area (Å²) in [5.74, 6) is 0.535. The molecular formula is C5H9NOS. The van der Waals surface area contributed by atoms with E-state index in [2.05, 4.69) is 0 Å².